The van der Waals surface area contributed by atoms with Crippen LogP contribution < -0.4 is 5.73 Å². The van der Waals surface area contributed by atoms with E-state index in [1.165, 1.54) is 0 Å². The standard InChI is InChI=1S/C11H24N2O2/c1-2-6-15-11-4-3-5-13(9-11)8-10(14)7-12/h10-11,14H,2-9,12H2,1H3. The van der Waals surface area contributed by atoms with Gasteiger partial charge in [0.15, 0.2) is 0 Å². The maximum absolute atomic E-state index is 9.47. The van der Waals surface area contributed by atoms with Crippen molar-refractivity contribution in [3.63, 3.8) is 0 Å². The quantitative estimate of drug-likeness (QED) is 0.666. The van der Waals surface area contributed by atoms with E-state index in [1.807, 2.05) is 0 Å². The second-order valence-electron chi connectivity index (χ2n) is 4.28. The second-order valence-corrected chi connectivity index (χ2v) is 4.28. The van der Waals surface area contributed by atoms with Crippen LogP contribution in [0.4, 0.5) is 0 Å². The van der Waals surface area contributed by atoms with Crippen molar-refractivity contribution in [3.8, 4) is 0 Å². The Labute approximate surface area is 92.4 Å². The van der Waals surface area contributed by atoms with E-state index in [0.29, 0.717) is 19.2 Å². The van der Waals surface area contributed by atoms with E-state index in [2.05, 4.69) is 11.8 Å². The highest BCUT2D eigenvalue weighted by Gasteiger charge is 2.21. The number of aliphatic hydroxyl groups is 1. The summed E-state index contributed by atoms with van der Waals surface area (Å²) in [5.41, 5.74) is 5.40. The molecular formula is C11H24N2O2. The summed E-state index contributed by atoms with van der Waals surface area (Å²) in [4.78, 5) is 2.25. The molecule has 1 aliphatic heterocycles. The fourth-order valence-electron chi connectivity index (χ4n) is 1.97. The number of aliphatic hydroxyl groups excluding tert-OH is 1. The Bertz CT molecular complexity index is 167. The minimum Gasteiger partial charge on any atom is -0.390 e. The van der Waals surface area contributed by atoms with Crippen LogP contribution in [0.3, 0.4) is 0 Å². The lowest BCUT2D eigenvalue weighted by Gasteiger charge is -2.33. The molecule has 0 aromatic heterocycles. The highest BCUT2D eigenvalue weighted by molar-refractivity contribution is 4.75. The van der Waals surface area contributed by atoms with Gasteiger partial charge in [0.05, 0.1) is 12.2 Å². The molecule has 0 spiro atoms. The molecule has 0 amide bonds. The number of rotatable bonds is 6. The molecule has 90 valence electrons. The molecule has 1 fully saturated rings. The summed E-state index contributed by atoms with van der Waals surface area (Å²) < 4.78 is 5.72. The lowest BCUT2D eigenvalue weighted by Crippen LogP contribution is -2.44. The largest absolute Gasteiger partial charge is 0.390 e. The molecule has 3 N–H and O–H groups in total. The first-order valence-electron chi connectivity index (χ1n) is 5.98. The zero-order valence-corrected chi connectivity index (χ0v) is 9.69. The van der Waals surface area contributed by atoms with Crippen molar-refractivity contribution in [1.29, 1.82) is 0 Å². The highest BCUT2D eigenvalue weighted by atomic mass is 16.5. The summed E-state index contributed by atoms with van der Waals surface area (Å²) in [6, 6.07) is 0. The predicted molar refractivity (Wildman–Crippen MR) is 60.8 cm³/mol. The Hall–Kier alpha value is -0.160. The van der Waals surface area contributed by atoms with E-state index in [0.717, 1.165) is 39.0 Å². The van der Waals surface area contributed by atoms with Crippen molar-refractivity contribution >= 4 is 0 Å². The summed E-state index contributed by atoms with van der Waals surface area (Å²) in [7, 11) is 0. The van der Waals surface area contributed by atoms with Gasteiger partial charge in [0, 0.05) is 26.2 Å². The third-order valence-electron chi connectivity index (χ3n) is 2.76. The normalized spacial score (nSPS) is 25.4. The monoisotopic (exact) mass is 216 g/mol. The van der Waals surface area contributed by atoms with E-state index in [4.69, 9.17) is 10.5 Å². The Balaban J connectivity index is 2.22. The van der Waals surface area contributed by atoms with Crippen LogP contribution in [0.2, 0.25) is 0 Å². The number of nitrogens with zero attached hydrogens (tertiary/aromatic N) is 1. The SMILES string of the molecule is CCCOC1CCCN(CC(O)CN)C1. The van der Waals surface area contributed by atoms with Gasteiger partial charge in [-0.25, -0.2) is 0 Å². The van der Waals surface area contributed by atoms with Gasteiger partial charge in [0.1, 0.15) is 0 Å². The van der Waals surface area contributed by atoms with Gasteiger partial charge in [-0.2, -0.15) is 0 Å². The van der Waals surface area contributed by atoms with Crippen LogP contribution in [-0.2, 0) is 4.74 Å². The molecule has 1 heterocycles. The zero-order chi connectivity index (χ0) is 11.1. The molecule has 0 radical (unpaired) electrons. The molecule has 1 aliphatic rings. The summed E-state index contributed by atoms with van der Waals surface area (Å²) in [6.07, 6.45) is 3.33. The second kappa shape index (κ2) is 7.17. The van der Waals surface area contributed by atoms with E-state index in [1.54, 1.807) is 0 Å². The van der Waals surface area contributed by atoms with Crippen molar-refractivity contribution in [2.24, 2.45) is 5.73 Å². The third kappa shape index (κ3) is 4.93. The number of hydrogen-bond acceptors (Lipinski definition) is 4. The van der Waals surface area contributed by atoms with E-state index >= 15 is 0 Å². The first-order valence-corrected chi connectivity index (χ1v) is 5.98. The third-order valence-corrected chi connectivity index (χ3v) is 2.76. The number of hydrogen-bond donors (Lipinski definition) is 2. The zero-order valence-electron chi connectivity index (χ0n) is 9.69. The number of piperidine rings is 1. The lowest BCUT2D eigenvalue weighted by atomic mass is 10.1. The average Bonchev–Trinajstić information content (AvgIpc) is 2.26. The number of likely N-dealkylation sites (tertiary alicyclic amines) is 1. The summed E-state index contributed by atoms with van der Waals surface area (Å²) in [5.74, 6) is 0. The van der Waals surface area contributed by atoms with Crippen LogP contribution in [0.25, 0.3) is 0 Å². The Morgan fingerprint density at radius 2 is 2.40 bits per heavy atom. The van der Waals surface area contributed by atoms with Crippen LogP contribution in [-0.4, -0.2) is 55.0 Å². The van der Waals surface area contributed by atoms with Crippen molar-refractivity contribution in [2.45, 2.75) is 38.4 Å². The van der Waals surface area contributed by atoms with Gasteiger partial charge >= 0.3 is 0 Å². The minimum absolute atomic E-state index is 0.344. The van der Waals surface area contributed by atoms with E-state index in [-0.39, 0.29) is 0 Å². The predicted octanol–water partition coefficient (Wildman–Crippen LogP) is 0.197. The van der Waals surface area contributed by atoms with Gasteiger partial charge in [-0.3, -0.25) is 4.90 Å². The molecule has 15 heavy (non-hydrogen) atoms. The molecule has 0 aromatic carbocycles. The van der Waals surface area contributed by atoms with Crippen LogP contribution in [0.15, 0.2) is 0 Å². The van der Waals surface area contributed by atoms with Crippen molar-refractivity contribution < 1.29 is 9.84 Å². The van der Waals surface area contributed by atoms with Gasteiger partial charge < -0.3 is 15.6 Å². The fraction of sp³-hybridized carbons (Fsp3) is 1.00. The summed E-state index contributed by atoms with van der Waals surface area (Å²) in [5, 5.41) is 9.47. The van der Waals surface area contributed by atoms with Crippen LogP contribution >= 0.6 is 0 Å². The molecule has 4 nitrogen and oxygen atoms in total. The van der Waals surface area contributed by atoms with E-state index in [9.17, 15) is 5.11 Å². The van der Waals surface area contributed by atoms with Gasteiger partial charge in [-0.15, -0.1) is 0 Å². The van der Waals surface area contributed by atoms with Crippen LogP contribution in [0, 0.1) is 0 Å². The molecule has 4 heteroatoms. The Morgan fingerprint density at radius 3 is 3.07 bits per heavy atom. The Morgan fingerprint density at radius 1 is 1.60 bits per heavy atom. The first kappa shape index (κ1) is 12.9. The van der Waals surface area contributed by atoms with Crippen LogP contribution in [0.1, 0.15) is 26.2 Å². The molecule has 0 saturated carbocycles. The van der Waals surface area contributed by atoms with Gasteiger partial charge in [-0.1, -0.05) is 6.92 Å². The number of ether oxygens (including phenoxy) is 1. The molecule has 2 atom stereocenters. The lowest BCUT2D eigenvalue weighted by molar-refractivity contribution is -0.0107. The molecule has 2 unspecified atom stereocenters. The Kier molecular flexibility index (Phi) is 6.17. The molecule has 0 bridgehead atoms. The van der Waals surface area contributed by atoms with Crippen molar-refractivity contribution in [3.05, 3.63) is 0 Å². The highest BCUT2D eigenvalue weighted by Crippen LogP contribution is 2.13. The van der Waals surface area contributed by atoms with Crippen LogP contribution in [0.5, 0.6) is 0 Å². The number of β-amino-alcohol motifs (C(OH)–C–C–N with tert-alkyl or cyclic N) is 1. The van der Waals surface area contributed by atoms with Gasteiger partial charge in [-0.05, 0) is 25.8 Å². The van der Waals surface area contributed by atoms with Crippen molar-refractivity contribution in [1.82, 2.24) is 4.90 Å². The molecule has 0 aromatic rings. The summed E-state index contributed by atoms with van der Waals surface area (Å²) >= 11 is 0. The van der Waals surface area contributed by atoms with Crippen molar-refractivity contribution in [2.75, 3.05) is 32.8 Å². The number of nitrogens with two attached hydrogens (primary N) is 1. The van der Waals surface area contributed by atoms with E-state index < -0.39 is 6.10 Å². The maximum atomic E-state index is 9.47. The maximum Gasteiger partial charge on any atom is 0.0789 e. The topological polar surface area (TPSA) is 58.7 Å². The minimum atomic E-state index is -0.394. The molecular weight excluding hydrogens is 192 g/mol. The smallest absolute Gasteiger partial charge is 0.0789 e. The molecule has 1 rings (SSSR count). The van der Waals surface area contributed by atoms with Gasteiger partial charge in [0.2, 0.25) is 0 Å². The first-order chi connectivity index (χ1) is 7.26. The molecule has 0 aliphatic carbocycles. The summed E-state index contributed by atoms with van der Waals surface area (Å²) in [6.45, 7) is 6.00. The van der Waals surface area contributed by atoms with Gasteiger partial charge in [0.25, 0.3) is 0 Å². The average molecular weight is 216 g/mol. The molecule has 1 saturated heterocycles. The fourth-order valence-corrected chi connectivity index (χ4v) is 1.97.